The van der Waals surface area contributed by atoms with E-state index in [2.05, 4.69) is 12.2 Å². The number of rotatable bonds is 4. The van der Waals surface area contributed by atoms with Gasteiger partial charge in [0, 0.05) is 22.7 Å². The van der Waals surface area contributed by atoms with Crippen molar-refractivity contribution in [3.63, 3.8) is 0 Å². The SMILES string of the molecule is C[C@H]1C[C@@H]1c1ccc(/C=C(\C#N)C(=O)Nc2ccc(Cl)cc2)o1. The Balaban J connectivity index is 1.73. The van der Waals surface area contributed by atoms with Crippen molar-refractivity contribution >= 4 is 29.3 Å². The average molecular weight is 327 g/mol. The van der Waals surface area contributed by atoms with Crippen molar-refractivity contribution in [3.05, 3.63) is 58.5 Å². The van der Waals surface area contributed by atoms with Gasteiger partial charge in [-0.05, 0) is 48.7 Å². The maximum absolute atomic E-state index is 12.2. The first-order chi connectivity index (χ1) is 11.1. The average Bonchev–Trinajstić information content (AvgIpc) is 3.09. The molecule has 4 nitrogen and oxygen atoms in total. The van der Waals surface area contributed by atoms with Crippen molar-refractivity contribution < 1.29 is 9.21 Å². The molecule has 23 heavy (non-hydrogen) atoms. The highest BCUT2D eigenvalue weighted by molar-refractivity contribution is 6.30. The molecule has 2 aromatic rings. The van der Waals surface area contributed by atoms with E-state index in [0.29, 0.717) is 28.3 Å². The minimum atomic E-state index is -0.479. The van der Waals surface area contributed by atoms with Crippen molar-refractivity contribution in [3.8, 4) is 6.07 Å². The quantitative estimate of drug-likeness (QED) is 0.659. The third-order valence-corrected chi connectivity index (χ3v) is 4.13. The highest BCUT2D eigenvalue weighted by Crippen LogP contribution is 2.47. The zero-order valence-electron chi connectivity index (χ0n) is 12.5. The molecule has 1 N–H and O–H groups in total. The molecule has 1 saturated carbocycles. The Hall–Kier alpha value is -2.51. The number of anilines is 1. The number of carbonyl (C=O) groups is 1. The van der Waals surface area contributed by atoms with Crippen LogP contribution in [0.2, 0.25) is 5.02 Å². The molecule has 5 heteroatoms. The predicted molar refractivity (Wildman–Crippen MR) is 88.9 cm³/mol. The molecular weight excluding hydrogens is 312 g/mol. The van der Waals surface area contributed by atoms with E-state index in [0.717, 1.165) is 12.2 Å². The summed E-state index contributed by atoms with van der Waals surface area (Å²) in [6.07, 6.45) is 2.58. The highest BCUT2D eigenvalue weighted by atomic mass is 35.5. The van der Waals surface area contributed by atoms with E-state index in [1.807, 2.05) is 12.1 Å². The molecule has 0 unspecified atom stereocenters. The first kappa shape index (κ1) is 15.4. The Morgan fingerprint density at radius 2 is 2.04 bits per heavy atom. The van der Waals surface area contributed by atoms with E-state index in [9.17, 15) is 10.1 Å². The van der Waals surface area contributed by atoms with Gasteiger partial charge >= 0.3 is 0 Å². The lowest BCUT2D eigenvalue weighted by Crippen LogP contribution is -2.13. The van der Waals surface area contributed by atoms with Crippen molar-refractivity contribution in [1.29, 1.82) is 5.26 Å². The van der Waals surface area contributed by atoms with Crippen LogP contribution in [-0.2, 0) is 4.79 Å². The van der Waals surface area contributed by atoms with Gasteiger partial charge in [0.2, 0.25) is 0 Å². The monoisotopic (exact) mass is 326 g/mol. The standard InChI is InChI=1S/C18H15ClN2O2/c1-11-8-16(11)17-7-6-15(23-17)9-12(10-20)18(22)21-14-4-2-13(19)3-5-14/h2-7,9,11,16H,8H2,1H3,(H,21,22)/b12-9+/t11-,16-/m0/s1. The summed E-state index contributed by atoms with van der Waals surface area (Å²) in [7, 11) is 0. The Bertz CT molecular complexity index is 799. The summed E-state index contributed by atoms with van der Waals surface area (Å²) in [4.78, 5) is 12.2. The number of carbonyl (C=O) groups excluding carboxylic acids is 1. The molecule has 1 aromatic heterocycles. The van der Waals surface area contributed by atoms with E-state index >= 15 is 0 Å². The van der Waals surface area contributed by atoms with Crippen LogP contribution < -0.4 is 5.32 Å². The third-order valence-electron chi connectivity index (χ3n) is 3.88. The molecule has 2 atom stereocenters. The molecule has 0 saturated heterocycles. The second kappa shape index (κ2) is 6.31. The van der Waals surface area contributed by atoms with Crippen LogP contribution in [-0.4, -0.2) is 5.91 Å². The first-order valence-electron chi connectivity index (χ1n) is 7.35. The van der Waals surface area contributed by atoms with Gasteiger partial charge in [-0.25, -0.2) is 0 Å². The van der Waals surface area contributed by atoms with E-state index in [-0.39, 0.29) is 5.57 Å². The summed E-state index contributed by atoms with van der Waals surface area (Å²) in [5.41, 5.74) is 0.567. The Morgan fingerprint density at radius 3 is 2.65 bits per heavy atom. The molecule has 0 bridgehead atoms. The molecule has 0 spiro atoms. The molecule has 1 aromatic carbocycles. The van der Waals surface area contributed by atoms with Crippen LogP contribution in [0.4, 0.5) is 5.69 Å². The molecule has 116 valence electrons. The zero-order chi connectivity index (χ0) is 16.4. The highest BCUT2D eigenvalue weighted by Gasteiger charge is 2.36. The number of halogens is 1. The van der Waals surface area contributed by atoms with Gasteiger partial charge in [-0.15, -0.1) is 0 Å². The second-order valence-corrected chi connectivity index (χ2v) is 6.13. The number of amides is 1. The number of nitrogens with one attached hydrogen (secondary N) is 1. The lowest BCUT2D eigenvalue weighted by molar-refractivity contribution is -0.112. The lowest BCUT2D eigenvalue weighted by Gasteiger charge is -2.03. The van der Waals surface area contributed by atoms with Crippen LogP contribution in [0.15, 0.2) is 46.4 Å². The third kappa shape index (κ3) is 3.64. The largest absolute Gasteiger partial charge is 0.461 e. The molecule has 1 fully saturated rings. The molecule has 1 heterocycles. The van der Waals surface area contributed by atoms with Crippen molar-refractivity contribution in [1.82, 2.24) is 0 Å². The topological polar surface area (TPSA) is 66.0 Å². The Labute approximate surface area is 139 Å². The first-order valence-corrected chi connectivity index (χ1v) is 7.73. The van der Waals surface area contributed by atoms with Gasteiger partial charge in [-0.3, -0.25) is 4.79 Å². The van der Waals surface area contributed by atoms with Gasteiger partial charge in [0.05, 0.1) is 0 Å². The summed E-state index contributed by atoms with van der Waals surface area (Å²) in [5, 5.41) is 12.4. The van der Waals surface area contributed by atoms with E-state index in [1.54, 1.807) is 30.3 Å². The van der Waals surface area contributed by atoms with Gasteiger partial charge in [-0.1, -0.05) is 18.5 Å². The minimum absolute atomic E-state index is 0.00954. The fourth-order valence-corrected chi connectivity index (χ4v) is 2.51. The number of furan rings is 1. The minimum Gasteiger partial charge on any atom is -0.461 e. The number of nitriles is 1. The van der Waals surface area contributed by atoms with Crippen molar-refractivity contribution in [2.24, 2.45) is 5.92 Å². The number of nitrogens with zero attached hydrogens (tertiary/aromatic N) is 1. The fourth-order valence-electron chi connectivity index (χ4n) is 2.39. The van der Waals surface area contributed by atoms with Gasteiger partial charge in [-0.2, -0.15) is 5.26 Å². The molecular formula is C18H15ClN2O2. The maximum Gasteiger partial charge on any atom is 0.266 e. The fraction of sp³-hybridized carbons (Fsp3) is 0.222. The van der Waals surface area contributed by atoms with Gasteiger partial charge in [0.1, 0.15) is 23.2 Å². The second-order valence-electron chi connectivity index (χ2n) is 5.69. The van der Waals surface area contributed by atoms with Crippen LogP contribution >= 0.6 is 11.6 Å². The molecule has 3 rings (SSSR count). The molecule has 1 aliphatic carbocycles. The van der Waals surface area contributed by atoms with E-state index < -0.39 is 5.91 Å². The number of hydrogen-bond donors (Lipinski definition) is 1. The predicted octanol–water partition coefficient (Wildman–Crippen LogP) is 4.60. The van der Waals surface area contributed by atoms with Crippen LogP contribution in [0.5, 0.6) is 0 Å². The summed E-state index contributed by atoms with van der Waals surface area (Å²) in [5.74, 6) is 2.06. The Kier molecular flexibility index (Phi) is 4.22. The molecule has 0 radical (unpaired) electrons. The van der Waals surface area contributed by atoms with Crippen LogP contribution in [0.3, 0.4) is 0 Å². The zero-order valence-corrected chi connectivity index (χ0v) is 13.3. The summed E-state index contributed by atoms with van der Waals surface area (Å²) >= 11 is 5.80. The summed E-state index contributed by atoms with van der Waals surface area (Å²) < 4.78 is 5.70. The molecule has 0 aliphatic heterocycles. The Morgan fingerprint density at radius 1 is 1.35 bits per heavy atom. The van der Waals surface area contributed by atoms with Crippen molar-refractivity contribution in [2.45, 2.75) is 19.3 Å². The smallest absolute Gasteiger partial charge is 0.266 e. The lowest BCUT2D eigenvalue weighted by atomic mass is 10.2. The van der Waals surface area contributed by atoms with Crippen LogP contribution in [0.1, 0.15) is 30.8 Å². The van der Waals surface area contributed by atoms with Gasteiger partial charge < -0.3 is 9.73 Å². The van der Waals surface area contributed by atoms with Crippen LogP contribution in [0, 0.1) is 17.2 Å². The number of benzene rings is 1. The van der Waals surface area contributed by atoms with Gasteiger partial charge in [0.15, 0.2) is 0 Å². The van der Waals surface area contributed by atoms with Crippen LogP contribution in [0.25, 0.3) is 6.08 Å². The molecule has 1 aliphatic rings. The van der Waals surface area contributed by atoms with E-state index in [1.165, 1.54) is 6.08 Å². The molecule has 1 amide bonds. The van der Waals surface area contributed by atoms with E-state index in [4.69, 9.17) is 16.0 Å². The maximum atomic E-state index is 12.2. The van der Waals surface area contributed by atoms with Crippen molar-refractivity contribution in [2.75, 3.05) is 5.32 Å². The van der Waals surface area contributed by atoms with Gasteiger partial charge in [0.25, 0.3) is 5.91 Å². The number of hydrogen-bond acceptors (Lipinski definition) is 3. The normalized spacial score (nSPS) is 20.0. The summed E-state index contributed by atoms with van der Waals surface area (Å²) in [6.45, 7) is 2.17. The summed E-state index contributed by atoms with van der Waals surface area (Å²) in [6, 6.07) is 12.3.